The summed E-state index contributed by atoms with van der Waals surface area (Å²) in [6.45, 7) is -0.173. The second kappa shape index (κ2) is 5.26. The molecule has 1 atom stereocenters. The van der Waals surface area contributed by atoms with Crippen LogP contribution < -0.4 is 4.31 Å². The van der Waals surface area contributed by atoms with Gasteiger partial charge < -0.3 is 5.11 Å². The summed E-state index contributed by atoms with van der Waals surface area (Å²) in [5, 5.41) is 9.95. The molecule has 1 unspecified atom stereocenters. The number of aliphatic hydroxyl groups excluding tert-OH is 1. The molecule has 1 fully saturated rings. The van der Waals surface area contributed by atoms with Crippen LogP contribution in [0.25, 0.3) is 0 Å². The SMILES string of the molecule is O=S(=O)(c1ccccc1)N1c2ccccc2SC2(CC2)C1CO. The quantitative estimate of drug-likeness (QED) is 0.927. The number of hydrogen-bond donors (Lipinski definition) is 1. The normalized spacial score (nSPS) is 22.0. The van der Waals surface area contributed by atoms with Crippen LogP contribution in [0.5, 0.6) is 0 Å². The number of anilines is 1. The Balaban J connectivity index is 1.91. The monoisotopic (exact) mass is 347 g/mol. The van der Waals surface area contributed by atoms with E-state index in [2.05, 4.69) is 0 Å². The number of hydrogen-bond acceptors (Lipinski definition) is 4. The van der Waals surface area contributed by atoms with E-state index in [1.54, 1.807) is 42.1 Å². The molecular weight excluding hydrogens is 330 g/mol. The van der Waals surface area contributed by atoms with Gasteiger partial charge in [-0.25, -0.2) is 8.42 Å². The Morgan fingerprint density at radius 3 is 2.39 bits per heavy atom. The van der Waals surface area contributed by atoms with Crippen LogP contribution in [0.2, 0.25) is 0 Å². The number of para-hydroxylation sites is 1. The predicted octanol–water partition coefficient (Wildman–Crippen LogP) is 2.88. The van der Waals surface area contributed by atoms with Crippen LogP contribution in [0.3, 0.4) is 0 Å². The Kier molecular flexibility index (Phi) is 3.44. The van der Waals surface area contributed by atoms with Crippen LogP contribution in [0.4, 0.5) is 5.69 Å². The van der Waals surface area contributed by atoms with E-state index in [1.165, 1.54) is 4.31 Å². The van der Waals surface area contributed by atoms with E-state index in [0.717, 1.165) is 17.7 Å². The molecule has 1 spiro atoms. The maximum absolute atomic E-state index is 13.2. The summed E-state index contributed by atoms with van der Waals surface area (Å²) < 4.78 is 27.7. The highest BCUT2D eigenvalue weighted by molar-refractivity contribution is 8.01. The van der Waals surface area contributed by atoms with Gasteiger partial charge in [-0.15, -0.1) is 11.8 Å². The van der Waals surface area contributed by atoms with E-state index < -0.39 is 16.1 Å². The summed E-state index contributed by atoms with van der Waals surface area (Å²) in [5.41, 5.74) is 0.665. The van der Waals surface area contributed by atoms with Gasteiger partial charge in [0.05, 0.1) is 23.2 Å². The van der Waals surface area contributed by atoms with Gasteiger partial charge in [0.2, 0.25) is 0 Å². The molecule has 6 heteroatoms. The van der Waals surface area contributed by atoms with Gasteiger partial charge in [0.15, 0.2) is 0 Å². The van der Waals surface area contributed by atoms with Gasteiger partial charge in [-0.1, -0.05) is 30.3 Å². The molecule has 0 saturated heterocycles. The van der Waals surface area contributed by atoms with Crippen molar-refractivity contribution in [2.45, 2.75) is 33.4 Å². The fourth-order valence-corrected chi connectivity index (χ4v) is 6.55. The molecule has 0 aromatic heterocycles. The van der Waals surface area contributed by atoms with Crippen molar-refractivity contribution >= 4 is 27.5 Å². The largest absolute Gasteiger partial charge is 0.394 e. The zero-order valence-electron chi connectivity index (χ0n) is 12.4. The fourth-order valence-electron chi connectivity index (χ4n) is 3.20. The topological polar surface area (TPSA) is 57.6 Å². The average Bonchev–Trinajstić information content (AvgIpc) is 3.34. The first-order valence-electron chi connectivity index (χ1n) is 7.57. The molecule has 4 nitrogen and oxygen atoms in total. The third kappa shape index (κ3) is 2.28. The molecule has 4 rings (SSSR count). The first-order chi connectivity index (χ1) is 11.1. The molecular formula is C17H17NO3S2. The molecule has 120 valence electrons. The van der Waals surface area contributed by atoms with Gasteiger partial charge in [-0.2, -0.15) is 0 Å². The maximum atomic E-state index is 13.2. The Hall–Kier alpha value is -1.50. The van der Waals surface area contributed by atoms with Crippen molar-refractivity contribution < 1.29 is 13.5 Å². The van der Waals surface area contributed by atoms with Crippen molar-refractivity contribution in [1.82, 2.24) is 0 Å². The standard InChI is InChI=1S/C17H17NO3S2/c19-12-16-17(10-11-17)22-15-9-5-4-8-14(15)18(16)23(20,21)13-6-2-1-3-7-13/h1-9,16,19H,10-12H2. The number of benzene rings is 2. The molecule has 0 amide bonds. The van der Waals surface area contributed by atoms with Crippen LogP contribution in [0.15, 0.2) is 64.4 Å². The Bertz CT molecular complexity index is 832. The number of thioether (sulfide) groups is 1. The van der Waals surface area contributed by atoms with E-state index in [-0.39, 0.29) is 16.2 Å². The lowest BCUT2D eigenvalue weighted by atomic mass is 10.1. The molecule has 0 radical (unpaired) electrons. The van der Waals surface area contributed by atoms with Crippen molar-refractivity contribution in [3.05, 3.63) is 54.6 Å². The lowest BCUT2D eigenvalue weighted by Crippen LogP contribution is -2.51. The van der Waals surface area contributed by atoms with E-state index >= 15 is 0 Å². The number of nitrogens with zero attached hydrogens (tertiary/aromatic N) is 1. The molecule has 2 aliphatic rings. The molecule has 2 aromatic carbocycles. The molecule has 1 N–H and O–H groups in total. The van der Waals surface area contributed by atoms with E-state index in [0.29, 0.717) is 5.69 Å². The maximum Gasteiger partial charge on any atom is 0.264 e. The highest BCUT2D eigenvalue weighted by Crippen LogP contribution is 2.61. The number of aliphatic hydroxyl groups is 1. The Morgan fingerprint density at radius 2 is 1.74 bits per heavy atom. The predicted molar refractivity (Wildman–Crippen MR) is 91.2 cm³/mol. The van der Waals surface area contributed by atoms with Gasteiger partial charge in [0.25, 0.3) is 10.0 Å². The lowest BCUT2D eigenvalue weighted by molar-refractivity contribution is 0.260. The van der Waals surface area contributed by atoms with Crippen molar-refractivity contribution in [3.63, 3.8) is 0 Å². The number of fused-ring (bicyclic) bond motifs is 1. The van der Waals surface area contributed by atoms with Crippen molar-refractivity contribution in [1.29, 1.82) is 0 Å². The smallest absolute Gasteiger partial charge is 0.264 e. The number of sulfonamides is 1. The van der Waals surface area contributed by atoms with E-state index in [9.17, 15) is 13.5 Å². The summed E-state index contributed by atoms with van der Waals surface area (Å²) in [6.07, 6.45) is 1.86. The van der Waals surface area contributed by atoms with Gasteiger partial charge in [-0.05, 0) is 37.1 Å². The number of rotatable bonds is 3. The zero-order chi connectivity index (χ0) is 16.1. The van der Waals surface area contributed by atoms with Crippen molar-refractivity contribution in [2.24, 2.45) is 0 Å². The van der Waals surface area contributed by atoms with E-state index in [4.69, 9.17) is 0 Å². The molecule has 1 aliphatic heterocycles. The van der Waals surface area contributed by atoms with Crippen LogP contribution in [-0.4, -0.2) is 30.9 Å². The van der Waals surface area contributed by atoms with Gasteiger partial charge >= 0.3 is 0 Å². The van der Waals surface area contributed by atoms with Gasteiger partial charge in [-0.3, -0.25) is 4.31 Å². The van der Waals surface area contributed by atoms with Crippen LogP contribution in [0.1, 0.15) is 12.8 Å². The summed E-state index contributed by atoms with van der Waals surface area (Å²) in [4.78, 5) is 1.23. The molecule has 23 heavy (non-hydrogen) atoms. The minimum absolute atomic E-state index is 0.173. The van der Waals surface area contributed by atoms with Gasteiger partial charge in [0, 0.05) is 9.64 Å². The highest BCUT2D eigenvalue weighted by Gasteiger charge is 2.58. The highest BCUT2D eigenvalue weighted by atomic mass is 32.2. The Labute approximate surface area is 140 Å². The molecule has 1 saturated carbocycles. The minimum Gasteiger partial charge on any atom is -0.394 e. The lowest BCUT2D eigenvalue weighted by Gasteiger charge is -2.41. The van der Waals surface area contributed by atoms with Crippen LogP contribution in [0, 0.1) is 0 Å². The molecule has 1 aliphatic carbocycles. The molecule has 1 heterocycles. The summed E-state index contributed by atoms with van der Waals surface area (Å²) in [7, 11) is -3.71. The van der Waals surface area contributed by atoms with Crippen molar-refractivity contribution in [2.75, 3.05) is 10.9 Å². The van der Waals surface area contributed by atoms with E-state index in [1.807, 2.05) is 24.3 Å². The first kappa shape index (κ1) is 15.1. The molecule has 0 bridgehead atoms. The summed E-state index contributed by atoms with van der Waals surface area (Å²) in [5.74, 6) is 0. The zero-order valence-corrected chi connectivity index (χ0v) is 14.1. The Morgan fingerprint density at radius 1 is 1.09 bits per heavy atom. The van der Waals surface area contributed by atoms with Gasteiger partial charge in [0.1, 0.15) is 0 Å². The van der Waals surface area contributed by atoms with Crippen LogP contribution >= 0.6 is 11.8 Å². The fraction of sp³-hybridized carbons (Fsp3) is 0.294. The minimum atomic E-state index is -3.71. The first-order valence-corrected chi connectivity index (χ1v) is 9.82. The summed E-state index contributed by atoms with van der Waals surface area (Å²) in [6, 6.07) is 15.6. The average molecular weight is 347 g/mol. The second-order valence-corrected chi connectivity index (χ2v) is 9.22. The van der Waals surface area contributed by atoms with Crippen LogP contribution in [-0.2, 0) is 10.0 Å². The third-order valence-corrected chi connectivity index (χ3v) is 8.01. The van der Waals surface area contributed by atoms with Crippen molar-refractivity contribution in [3.8, 4) is 0 Å². The second-order valence-electron chi connectivity index (χ2n) is 5.95. The molecule has 2 aromatic rings. The summed E-state index contributed by atoms with van der Waals surface area (Å²) >= 11 is 1.71. The third-order valence-electron chi connectivity index (χ3n) is 4.52.